The molecule has 19 heavy (non-hydrogen) atoms. The minimum absolute atomic E-state index is 0.0925. The molecule has 0 aliphatic heterocycles. The molecular weight excluding hydrogens is 244 g/mol. The molecule has 3 rings (SSSR count). The molecule has 5 nitrogen and oxygen atoms in total. The molecular formula is C14H16N2O3. The monoisotopic (exact) mass is 260 g/mol. The van der Waals surface area contributed by atoms with Gasteiger partial charge in [-0.3, -0.25) is 13.9 Å². The van der Waals surface area contributed by atoms with Crippen LogP contribution < -0.4 is 5.69 Å². The van der Waals surface area contributed by atoms with Crippen LogP contribution in [-0.4, -0.2) is 20.2 Å². The van der Waals surface area contributed by atoms with E-state index >= 15 is 0 Å². The maximum absolute atomic E-state index is 11.9. The molecule has 1 aliphatic rings. The molecule has 5 heteroatoms. The summed E-state index contributed by atoms with van der Waals surface area (Å²) in [4.78, 5) is 23.4. The van der Waals surface area contributed by atoms with Crippen LogP contribution in [0.1, 0.15) is 24.8 Å². The lowest BCUT2D eigenvalue weighted by atomic mass is 9.64. The highest BCUT2D eigenvalue weighted by Gasteiger charge is 2.46. The summed E-state index contributed by atoms with van der Waals surface area (Å²) in [5, 5.41) is 9.46. The van der Waals surface area contributed by atoms with Crippen LogP contribution >= 0.6 is 0 Å². The Labute approximate surface area is 110 Å². The van der Waals surface area contributed by atoms with E-state index in [2.05, 4.69) is 0 Å². The van der Waals surface area contributed by atoms with Crippen LogP contribution in [0.2, 0.25) is 0 Å². The van der Waals surface area contributed by atoms with Crippen LogP contribution in [0.25, 0.3) is 11.0 Å². The van der Waals surface area contributed by atoms with Crippen LogP contribution in [0, 0.1) is 0 Å². The largest absolute Gasteiger partial charge is 0.481 e. The van der Waals surface area contributed by atoms with Crippen molar-refractivity contribution >= 4 is 17.0 Å². The van der Waals surface area contributed by atoms with Crippen LogP contribution in [-0.2, 0) is 24.3 Å². The van der Waals surface area contributed by atoms with Crippen LogP contribution in [0.4, 0.5) is 0 Å². The van der Waals surface area contributed by atoms with Gasteiger partial charge in [0.2, 0.25) is 0 Å². The van der Waals surface area contributed by atoms with E-state index in [1.54, 1.807) is 23.2 Å². The van der Waals surface area contributed by atoms with Crippen molar-refractivity contribution < 1.29 is 9.90 Å². The van der Waals surface area contributed by atoms with Crippen molar-refractivity contribution in [3.63, 3.8) is 0 Å². The number of hydrogen-bond acceptors (Lipinski definition) is 2. The number of aryl methyl sites for hydroxylation is 2. The molecule has 1 saturated carbocycles. The average Bonchev–Trinajstić information content (AvgIpc) is 2.53. The highest BCUT2D eigenvalue weighted by molar-refractivity contribution is 5.85. The Balaban J connectivity index is 2.25. The zero-order chi connectivity index (χ0) is 13.8. The molecule has 1 aromatic carbocycles. The molecule has 0 atom stereocenters. The quantitative estimate of drug-likeness (QED) is 0.887. The Morgan fingerprint density at radius 3 is 2.37 bits per heavy atom. The number of hydrogen-bond donors (Lipinski definition) is 1. The number of fused-ring (bicyclic) bond motifs is 1. The van der Waals surface area contributed by atoms with Gasteiger partial charge in [-0.1, -0.05) is 12.5 Å². The van der Waals surface area contributed by atoms with Crippen molar-refractivity contribution in [2.24, 2.45) is 14.1 Å². The van der Waals surface area contributed by atoms with E-state index in [0.29, 0.717) is 12.8 Å². The summed E-state index contributed by atoms with van der Waals surface area (Å²) in [5.74, 6) is -0.765. The van der Waals surface area contributed by atoms with Crippen molar-refractivity contribution in [2.45, 2.75) is 24.7 Å². The van der Waals surface area contributed by atoms with E-state index in [1.807, 2.05) is 18.2 Å². The van der Waals surface area contributed by atoms with Gasteiger partial charge in [0.25, 0.3) is 0 Å². The third kappa shape index (κ3) is 1.41. The highest BCUT2D eigenvalue weighted by atomic mass is 16.4. The molecule has 2 aromatic rings. The van der Waals surface area contributed by atoms with Gasteiger partial charge in [-0.2, -0.15) is 0 Å². The number of rotatable bonds is 2. The van der Waals surface area contributed by atoms with Gasteiger partial charge in [0, 0.05) is 14.1 Å². The SMILES string of the molecule is Cn1c(=O)n(C)c2cc(C3(C(=O)O)CCC3)ccc21. The number of nitrogens with zero attached hydrogens (tertiary/aromatic N) is 2. The van der Waals surface area contributed by atoms with Gasteiger partial charge in [0.05, 0.1) is 16.4 Å². The van der Waals surface area contributed by atoms with Gasteiger partial charge in [-0.05, 0) is 30.5 Å². The van der Waals surface area contributed by atoms with Crippen molar-refractivity contribution in [2.75, 3.05) is 0 Å². The number of carboxylic acids is 1. The molecule has 1 aromatic heterocycles. The number of imidazole rings is 1. The lowest BCUT2D eigenvalue weighted by molar-refractivity contribution is -0.147. The van der Waals surface area contributed by atoms with Gasteiger partial charge in [0.1, 0.15) is 0 Å². The summed E-state index contributed by atoms with van der Waals surface area (Å²) in [7, 11) is 3.43. The Hall–Kier alpha value is -2.04. The van der Waals surface area contributed by atoms with E-state index in [1.165, 1.54) is 0 Å². The fraction of sp³-hybridized carbons (Fsp3) is 0.429. The maximum atomic E-state index is 11.9. The molecule has 0 amide bonds. The van der Waals surface area contributed by atoms with E-state index < -0.39 is 11.4 Å². The van der Waals surface area contributed by atoms with Crippen molar-refractivity contribution in [3.8, 4) is 0 Å². The summed E-state index contributed by atoms with van der Waals surface area (Å²) in [5.41, 5.74) is 1.58. The predicted octanol–water partition coefficient (Wildman–Crippen LogP) is 1.38. The lowest BCUT2D eigenvalue weighted by Gasteiger charge is -2.38. The third-order valence-corrected chi connectivity index (χ3v) is 4.44. The van der Waals surface area contributed by atoms with Crippen molar-refractivity contribution in [1.29, 1.82) is 0 Å². The summed E-state index contributed by atoms with van der Waals surface area (Å²) >= 11 is 0. The van der Waals surface area contributed by atoms with Crippen LogP contribution in [0.15, 0.2) is 23.0 Å². The standard InChI is InChI=1S/C14H16N2O3/c1-15-10-5-4-9(8-11(10)16(2)13(15)19)14(12(17)18)6-3-7-14/h4-5,8H,3,6-7H2,1-2H3,(H,17,18). The zero-order valence-corrected chi connectivity index (χ0v) is 11.0. The minimum Gasteiger partial charge on any atom is -0.481 e. The lowest BCUT2D eigenvalue weighted by Crippen LogP contribution is -2.42. The second-order valence-electron chi connectivity index (χ2n) is 5.34. The summed E-state index contributed by atoms with van der Waals surface area (Å²) in [6, 6.07) is 5.54. The molecule has 1 fully saturated rings. The smallest absolute Gasteiger partial charge is 0.328 e. The second-order valence-corrected chi connectivity index (χ2v) is 5.34. The predicted molar refractivity (Wildman–Crippen MR) is 71.3 cm³/mol. The maximum Gasteiger partial charge on any atom is 0.328 e. The number of carbonyl (C=O) groups is 1. The molecule has 0 saturated heterocycles. The zero-order valence-electron chi connectivity index (χ0n) is 11.0. The van der Waals surface area contributed by atoms with E-state index in [4.69, 9.17) is 0 Å². The second kappa shape index (κ2) is 3.73. The normalized spacial score (nSPS) is 17.4. The van der Waals surface area contributed by atoms with Crippen molar-refractivity contribution in [1.82, 2.24) is 9.13 Å². The molecule has 0 unspecified atom stereocenters. The topological polar surface area (TPSA) is 64.2 Å². The number of benzene rings is 1. The molecule has 1 aliphatic carbocycles. The van der Waals surface area contributed by atoms with Crippen LogP contribution in [0.3, 0.4) is 0 Å². The van der Waals surface area contributed by atoms with E-state index in [-0.39, 0.29) is 5.69 Å². The molecule has 1 N–H and O–H groups in total. The van der Waals surface area contributed by atoms with Gasteiger partial charge in [0.15, 0.2) is 0 Å². The number of carboxylic acid groups (broad SMARTS) is 1. The molecule has 0 radical (unpaired) electrons. The Bertz CT molecular complexity index is 735. The summed E-state index contributed by atoms with van der Waals surface area (Å²) in [6.45, 7) is 0. The number of aromatic nitrogens is 2. The Kier molecular flexibility index (Phi) is 2.36. The summed E-state index contributed by atoms with van der Waals surface area (Å²) in [6.07, 6.45) is 2.29. The number of aliphatic carboxylic acids is 1. The van der Waals surface area contributed by atoms with E-state index in [0.717, 1.165) is 23.0 Å². The first-order valence-electron chi connectivity index (χ1n) is 6.37. The molecule has 1 heterocycles. The highest BCUT2D eigenvalue weighted by Crippen LogP contribution is 2.44. The van der Waals surface area contributed by atoms with E-state index in [9.17, 15) is 14.7 Å². The van der Waals surface area contributed by atoms with Crippen LogP contribution in [0.5, 0.6) is 0 Å². The van der Waals surface area contributed by atoms with Crippen molar-refractivity contribution in [3.05, 3.63) is 34.2 Å². The first-order valence-corrected chi connectivity index (χ1v) is 6.37. The summed E-state index contributed by atoms with van der Waals surface area (Å²) < 4.78 is 3.14. The fourth-order valence-electron chi connectivity index (χ4n) is 2.96. The average molecular weight is 260 g/mol. The molecule has 0 bridgehead atoms. The van der Waals surface area contributed by atoms with Gasteiger partial charge in [-0.15, -0.1) is 0 Å². The van der Waals surface area contributed by atoms with Gasteiger partial charge < -0.3 is 5.11 Å². The minimum atomic E-state index is -0.765. The first-order chi connectivity index (χ1) is 8.97. The first kappa shape index (κ1) is 12.0. The Morgan fingerprint density at radius 2 is 1.84 bits per heavy atom. The fourth-order valence-corrected chi connectivity index (χ4v) is 2.96. The molecule has 100 valence electrons. The van der Waals surface area contributed by atoms with Gasteiger partial charge in [-0.25, -0.2) is 4.79 Å². The third-order valence-electron chi connectivity index (χ3n) is 4.44. The van der Waals surface area contributed by atoms with Gasteiger partial charge >= 0.3 is 11.7 Å². The molecule has 0 spiro atoms. The Morgan fingerprint density at radius 1 is 1.21 bits per heavy atom.